The number of nitrogens with one attached hydrogen (secondary N) is 1. The van der Waals surface area contributed by atoms with Crippen LogP contribution in [0.4, 0.5) is 10.5 Å². The van der Waals surface area contributed by atoms with E-state index in [1.54, 1.807) is 31.9 Å². The largest absolute Gasteiger partial charge is 0.491 e. The van der Waals surface area contributed by atoms with Gasteiger partial charge in [-0.15, -0.1) is 0 Å². The second kappa shape index (κ2) is 17.9. The standard InChI is InChI=1S/C38H56ClN5O5S/c1-9-12-28-23-30(39)14-16-32(28)29-25-44-20-18-27(10-2)34(49-37(46)42(7)22-21-41(5)6)13-11-19-43(8)38(3,4)36(45)40-50(47)31-15-17-35(48-26-29)33(44)24-31/h11,13-17,23-24,27,29,34H,9-10,12,18-22,25-26H2,1-8H3,(H,40,45)/b13-11+. The Morgan fingerprint density at radius 1 is 1.14 bits per heavy atom. The molecule has 276 valence electrons. The Morgan fingerprint density at radius 2 is 1.90 bits per heavy atom. The molecule has 2 aliphatic heterocycles. The number of carbonyl (C=O) groups excluding carboxylic acids is 2. The second-order valence-electron chi connectivity index (χ2n) is 14.3. The maximum absolute atomic E-state index is 13.6. The van der Waals surface area contributed by atoms with Crippen molar-refractivity contribution in [3.05, 3.63) is 64.7 Å². The molecule has 0 aliphatic carbocycles. The maximum Gasteiger partial charge on any atom is 0.410 e. The summed E-state index contributed by atoms with van der Waals surface area (Å²) in [6.07, 6.45) is 6.51. The molecule has 0 aromatic heterocycles. The molecule has 0 fully saturated rings. The third-order valence-corrected chi connectivity index (χ3v) is 11.3. The number of rotatable bonds is 8. The first-order chi connectivity index (χ1) is 23.7. The average molecular weight is 730 g/mol. The van der Waals surface area contributed by atoms with Crippen LogP contribution in [0.1, 0.15) is 64.0 Å². The van der Waals surface area contributed by atoms with Crippen LogP contribution >= 0.6 is 11.6 Å². The van der Waals surface area contributed by atoms with Crippen LogP contribution in [0.25, 0.3) is 0 Å². The van der Waals surface area contributed by atoms with Crippen molar-refractivity contribution in [1.29, 1.82) is 0 Å². The number of aryl methyl sites for hydroxylation is 1. The highest BCUT2D eigenvalue weighted by Gasteiger charge is 2.34. The van der Waals surface area contributed by atoms with Gasteiger partial charge < -0.3 is 24.2 Å². The highest BCUT2D eigenvalue weighted by atomic mass is 35.5. The Labute approximate surface area is 306 Å². The molecule has 2 aromatic rings. The van der Waals surface area contributed by atoms with Gasteiger partial charge >= 0.3 is 6.09 Å². The van der Waals surface area contributed by atoms with Gasteiger partial charge in [-0.3, -0.25) is 14.4 Å². The van der Waals surface area contributed by atoms with E-state index in [9.17, 15) is 13.8 Å². The first-order valence-corrected chi connectivity index (χ1v) is 19.2. The van der Waals surface area contributed by atoms with Crippen molar-refractivity contribution in [3.63, 3.8) is 0 Å². The van der Waals surface area contributed by atoms with Crippen molar-refractivity contribution in [3.8, 4) is 5.75 Å². The van der Waals surface area contributed by atoms with Crippen molar-refractivity contribution >= 4 is 40.3 Å². The zero-order chi connectivity index (χ0) is 36.6. The minimum absolute atomic E-state index is 0.0153. The van der Waals surface area contributed by atoms with Gasteiger partial charge in [-0.1, -0.05) is 44.0 Å². The van der Waals surface area contributed by atoms with Crippen LogP contribution in [0.15, 0.2) is 53.4 Å². The van der Waals surface area contributed by atoms with Crippen LogP contribution in [0.3, 0.4) is 0 Å². The molecular formula is C38H56ClN5O5S. The highest BCUT2D eigenvalue weighted by Crippen LogP contribution is 2.38. The molecule has 1 N–H and O–H groups in total. The van der Waals surface area contributed by atoms with E-state index in [0.717, 1.165) is 42.9 Å². The van der Waals surface area contributed by atoms with Crippen molar-refractivity contribution < 1.29 is 23.3 Å². The molecule has 0 spiro atoms. The fraction of sp³-hybridized carbons (Fsp3) is 0.579. The van der Waals surface area contributed by atoms with Crippen LogP contribution in [-0.4, -0.2) is 110 Å². The molecular weight excluding hydrogens is 674 g/mol. The molecule has 2 heterocycles. The summed E-state index contributed by atoms with van der Waals surface area (Å²) >= 11 is 6.44. The molecule has 2 bridgehead atoms. The molecule has 10 nitrogen and oxygen atoms in total. The fourth-order valence-electron chi connectivity index (χ4n) is 6.33. The quantitative estimate of drug-likeness (QED) is 0.326. The minimum atomic E-state index is -1.78. The number of ether oxygens (including phenoxy) is 2. The van der Waals surface area contributed by atoms with Crippen molar-refractivity contribution in [2.45, 2.75) is 75.8 Å². The third-order valence-electron chi connectivity index (χ3n) is 10.0. The van der Waals surface area contributed by atoms with Crippen LogP contribution in [0.5, 0.6) is 5.75 Å². The number of likely N-dealkylation sites (N-methyl/N-ethyl adjacent to an activating group) is 3. The van der Waals surface area contributed by atoms with Gasteiger partial charge in [0.25, 0.3) is 5.91 Å². The molecule has 4 atom stereocenters. The van der Waals surface area contributed by atoms with E-state index in [1.807, 2.05) is 61.3 Å². The first-order valence-electron chi connectivity index (χ1n) is 17.7. The number of hydrogen-bond donors (Lipinski definition) is 1. The molecule has 0 radical (unpaired) electrons. The Hall–Kier alpha value is -3.12. The number of hydrogen-bond acceptors (Lipinski definition) is 8. The number of halogens is 1. The molecule has 2 amide bonds. The molecule has 50 heavy (non-hydrogen) atoms. The summed E-state index contributed by atoms with van der Waals surface area (Å²) in [6, 6.07) is 11.6. The Bertz CT molecular complexity index is 1530. The van der Waals surface area contributed by atoms with Gasteiger partial charge in [0.15, 0.2) is 11.0 Å². The predicted molar refractivity (Wildman–Crippen MR) is 203 cm³/mol. The summed E-state index contributed by atoms with van der Waals surface area (Å²) in [4.78, 5) is 35.2. The monoisotopic (exact) mass is 729 g/mol. The lowest BCUT2D eigenvalue weighted by atomic mass is 9.91. The molecule has 0 saturated carbocycles. The topological polar surface area (TPSA) is 94.7 Å². The van der Waals surface area contributed by atoms with E-state index in [1.165, 1.54) is 11.1 Å². The molecule has 2 aromatic carbocycles. The van der Waals surface area contributed by atoms with Crippen LogP contribution in [-0.2, 0) is 26.9 Å². The van der Waals surface area contributed by atoms with Gasteiger partial charge in [0, 0.05) is 56.6 Å². The first kappa shape index (κ1) is 39.7. The van der Waals surface area contributed by atoms with Crippen molar-refractivity contribution in [2.24, 2.45) is 5.92 Å². The molecule has 4 rings (SSSR count). The van der Waals surface area contributed by atoms with Gasteiger partial charge in [-0.2, -0.15) is 0 Å². The lowest BCUT2D eigenvalue weighted by molar-refractivity contribution is -0.128. The number of amides is 2. The summed E-state index contributed by atoms with van der Waals surface area (Å²) in [6.45, 7) is 11.4. The number of benzene rings is 2. The Morgan fingerprint density at radius 3 is 2.60 bits per heavy atom. The summed E-state index contributed by atoms with van der Waals surface area (Å²) in [5.41, 5.74) is 2.28. The highest BCUT2D eigenvalue weighted by molar-refractivity contribution is 7.83. The molecule has 0 saturated heterocycles. The fourth-order valence-corrected chi connectivity index (χ4v) is 7.47. The van der Waals surface area contributed by atoms with Crippen molar-refractivity contribution in [2.75, 3.05) is 72.4 Å². The number of carbonyl (C=O) groups is 2. The molecule has 2 aliphatic rings. The van der Waals surface area contributed by atoms with Crippen LogP contribution in [0, 0.1) is 5.92 Å². The van der Waals surface area contributed by atoms with Gasteiger partial charge in [0.1, 0.15) is 11.9 Å². The normalized spacial score (nSPS) is 23.8. The van der Waals surface area contributed by atoms with Crippen molar-refractivity contribution in [1.82, 2.24) is 19.4 Å². The predicted octanol–water partition coefficient (Wildman–Crippen LogP) is 6.11. The summed E-state index contributed by atoms with van der Waals surface area (Å²) < 4.78 is 29.1. The Balaban J connectivity index is 1.74. The van der Waals surface area contributed by atoms with Gasteiger partial charge in [0.05, 0.1) is 22.7 Å². The van der Waals surface area contributed by atoms with E-state index in [0.29, 0.717) is 43.4 Å². The number of fused-ring (bicyclic) bond motifs is 1. The smallest absolute Gasteiger partial charge is 0.410 e. The molecule has 12 heteroatoms. The van der Waals surface area contributed by atoms with Crippen LogP contribution < -0.4 is 14.4 Å². The summed E-state index contributed by atoms with van der Waals surface area (Å²) in [7, 11) is 5.79. The average Bonchev–Trinajstić information content (AvgIpc) is 3.25. The SMILES string of the molecule is CCCc1cc(Cl)ccc1C1COc2ccc3cc2N(CCC(CC)C(OC(=O)N(C)CCN(C)C)/C=C/CN(C)C(C)(C)C(=O)NS3=O)C1. The van der Waals surface area contributed by atoms with Gasteiger partial charge in [-0.05, 0) is 102 Å². The summed E-state index contributed by atoms with van der Waals surface area (Å²) in [5.74, 6) is 0.410. The third kappa shape index (κ3) is 10.0. The zero-order valence-electron chi connectivity index (χ0n) is 31.0. The van der Waals surface area contributed by atoms with Gasteiger partial charge in [0.2, 0.25) is 0 Å². The van der Waals surface area contributed by atoms with Gasteiger partial charge in [-0.25, -0.2) is 9.00 Å². The van der Waals surface area contributed by atoms with E-state index in [-0.39, 0.29) is 23.8 Å². The second-order valence-corrected chi connectivity index (χ2v) is 15.9. The molecule has 4 unspecified atom stereocenters. The van der Waals surface area contributed by atoms with E-state index >= 15 is 0 Å². The Kier molecular flexibility index (Phi) is 14.2. The van der Waals surface area contributed by atoms with Crippen LogP contribution in [0.2, 0.25) is 5.02 Å². The lowest BCUT2D eigenvalue weighted by Gasteiger charge is -2.34. The van der Waals surface area contributed by atoms with E-state index < -0.39 is 22.6 Å². The lowest BCUT2D eigenvalue weighted by Crippen LogP contribution is -2.53. The van der Waals surface area contributed by atoms with E-state index in [2.05, 4.69) is 35.6 Å². The summed E-state index contributed by atoms with van der Waals surface area (Å²) in [5, 5.41) is 0.718. The number of nitrogens with zero attached hydrogens (tertiary/aromatic N) is 4. The van der Waals surface area contributed by atoms with E-state index in [4.69, 9.17) is 21.1 Å². The maximum atomic E-state index is 13.6. The minimum Gasteiger partial charge on any atom is -0.491 e. The number of anilines is 1. The zero-order valence-corrected chi connectivity index (χ0v) is 32.6.